The van der Waals surface area contributed by atoms with Crippen LogP contribution in [0.5, 0.6) is 0 Å². The van der Waals surface area contributed by atoms with E-state index in [1.165, 1.54) is 22.0 Å². The van der Waals surface area contributed by atoms with E-state index >= 15 is 0 Å². The number of likely N-dealkylation sites (N-methyl/N-ethyl adjacent to an activating group) is 1. The molecule has 5 aromatic rings. The zero-order valence-electron chi connectivity index (χ0n) is 20.3. The number of benzene rings is 2. The van der Waals surface area contributed by atoms with Gasteiger partial charge in [0.05, 0.1) is 15.7 Å². The van der Waals surface area contributed by atoms with Gasteiger partial charge in [-0.05, 0) is 56.4 Å². The lowest BCUT2D eigenvalue weighted by atomic mass is 10.1. The van der Waals surface area contributed by atoms with Crippen LogP contribution in [0.3, 0.4) is 0 Å². The van der Waals surface area contributed by atoms with Gasteiger partial charge >= 0.3 is 0 Å². The van der Waals surface area contributed by atoms with Crippen LogP contribution in [0.4, 0.5) is 17.3 Å². The van der Waals surface area contributed by atoms with Crippen molar-refractivity contribution in [3.05, 3.63) is 81.0 Å². The number of hydrogen-bond donors (Lipinski definition) is 1. The predicted molar refractivity (Wildman–Crippen MR) is 148 cm³/mol. The minimum absolute atomic E-state index is 0.317. The number of hydrogen-bond acceptors (Lipinski definition) is 7. The van der Waals surface area contributed by atoms with Crippen LogP contribution in [0.2, 0.25) is 10.0 Å². The van der Waals surface area contributed by atoms with E-state index in [1.54, 1.807) is 35.0 Å². The SMILES string of the molecule is CN(C)CCN1CCc2cc(Nc3ncc4c(=O)n(-c5c(Cl)cccc5Cl)c5nccn5c4n3)ccc21. The molecule has 0 bridgehead atoms. The summed E-state index contributed by atoms with van der Waals surface area (Å²) in [5, 5.41) is 4.30. The lowest BCUT2D eigenvalue weighted by Crippen LogP contribution is -2.30. The number of para-hydroxylation sites is 1. The molecule has 1 aliphatic rings. The van der Waals surface area contributed by atoms with Crippen molar-refractivity contribution >= 4 is 57.3 Å². The summed E-state index contributed by atoms with van der Waals surface area (Å²) in [6.45, 7) is 3.02. The van der Waals surface area contributed by atoms with Crippen LogP contribution in [0, 0.1) is 0 Å². The highest BCUT2D eigenvalue weighted by Gasteiger charge is 2.21. The molecule has 0 saturated carbocycles. The molecule has 4 heterocycles. The number of anilines is 3. The molecule has 0 saturated heterocycles. The molecule has 11 heteroatoms. The van der Waals surface area contributed by atoms with Gasteiger partial charge in [-0.15, -0.1) is 0 Å². The van der Waals surface area contributed by atoms with Crippen molar-refractivity contribution in [1.82, 2.24) is 28.8 Å². The summed E-state index contributed by atoms with van der Waals surface area (Å²) in [6.07, 6.45) is 5.86. The molecule has 2 aromatic carbocycles. The maximum absolute atomic E-state index is 13.6. The number of fused-ring (bicyclic) bond motifs is 4. The molecule has 0 amide bonds. The Labute approximate surface area is 222 Å². The van der Waals surface area contributed by atoms with Crippen LogP contribution in [-0.4, -0.2) is 62.5 Å². The Morgan fingerprint density at radius 3 is 2.70 bits per heavy atom. The number of aromatic nitrogens is 5. The van der Waals surface area contributed by atoms with Crippen molar-refractivity contribution in [1.29, 1.82) is 0 Å². The van der Waals surface area contributed by atoms with Crippen molar-refractivity contribution in [3.63, 3.8) is 0 Å². The zero-order valence-corrected chi connectivity index (χ0v) is 21.8. The Bertz CT molecular complexity index is 1690. The van der Waals surface area contributed by atoms with Gasteiger partial charge < -0.3 is 15.1 Å². The van der Waals surface area contributed by atoms with E-state index in [4.69, 9.17) is 23.2 Å². The van der Waals surface area contributed by atoms with E-state index in [9.17, 15) is 4.79 Å². The monoisotopic (exact) mass is 534 g/mol. The van der Waals surface area contributed by atoms with E-state index in [-0.39, 0.29) is 5.56 Å². The van der Waals surface area contributed by atoms with Crippen molar-refractivity contribution < 1.29 is 0 Å². The molecule has 1 N–H and O–H groups in total. The summed E-state index contributed by atoms with van der Waals surface area (Å²) in [4.78, 5) is 31.7. The van der Waals surface area contributed by atoms with Gasteiger partial charge in [0.1, 0.15) is 5.39 Å². The Morgan fingerprint density at radius 1 is 1.11 bits per heavy atom. The maximum atomic E-state index is 13.6. The highest BCUT2D eigenvalue weighted by atomic mass is 35.5. The molecule has 3 aromatic heterocycles. The van der Waals surface area contributed by atoms with Crippen LogP contribution < -0.4 is 15.8 Å². The van der Waals surface area contributed by atoms with Gasteiger partial charge in [0.25, 0.3) is 5.56 Å². The summed E-state index contributed by atoms with van der Waals surface area (Å²) in [5.41, 5.74) is 3.90. The van der Waals surface area contributed by atoms with E-state index in [2.05, 4.69) is 56.3 Å². The van der Waals surface area contributed by atoms with Gasteiger partial charge in [-0.2, -0.15) is 4.98 Å². The van der Waals surface area contributed by atoms with Gasteiger partial charge in [-0.3, -0.25) is 9.20 Å². The van der Waals surface area contributed by atoms with E-state index in [0.717, 1.165) is 31.7 Å². The predicted octanol–water partition coefficient (Wildman–Crippen LogP) is 4.40. The minimum Gasteiger partial charge on any atom is -0.370 e. The third kappa shape index (κ3) is 4.19. The number of nitrogens with one attached hydrogen (secondary N) is 1. The van der Waals surface area contributed by atoms with Gasteiger partial charge in [-0.1, -0.05) is 29.3 Å². The summed E-state index contributed by atoms with van der Waals surface area (Å²) in [5.74, 6) is 0.741. The normalized spacial score (nSPS) is 13.2. The molecular formula is C26H24Cl2N8O. The fraction of sp³-hybridized carbons (Fsp3) is 0.231. The van der Waals surface area contributed by atoms with Gasteiger partial charge in [0, 0.05) is 49.6 Å². The zero-order chi connectivity index (χ0) is 25.7. The highest BCUT2D eigenvalue weighted by Crippen LogP contribution is 2.32. The molecule has 188 valence electrons. The van der Waals surface area contributed by atoms with Crippen molar-refractivity contribution in [2.75, 3.05) is 43.9 Å². The fourth-order valence-electron chi connectivity index (χ4n) is 4.74. The Balaban J connectivity index is 1.37. The van der Waals surface area contributed by atoms with E-state index < -0.39 is 0 Å². The Hall–Kier alpha value is -3.66. The van der Waals surface area contributed by atoms with Crippen LogP contribution >= 0.6 is 23.2 Å². The topological polar surface area (TPSA) is 83.6 Å². The second-order valence-corrected chi connectivity index (χ2v) is 10.1. The molecule has 0 atom stereocenters. The van der Waals surface area contributed by atoms with E-state index in [0.29, 0.717) is 38.5 Å². The third-order valence-corrected chi connectivity index (χ3v) is 7.17. The molecule has 6 rings (SSSR count). The minimum atomic E-state index is -0.356. The first-order valence-electron chi connectivity index (χ1n) is 11.9. The third-order valence-electron chi connectivity index (χ3n) is 6.56. The average molecular weight is 535 g/mol. The number of halogens is 2. The lowest BCUT2D eigenvalue weighted by Gasteiger charge is -2.21. The summed E-state index contributed by atoms with van der Waals surface area (Å²) in [6, 6.07) is 11.4. The molecule has 37 heavy (non-hydrogen) atoms. The Morgan fingerprint density at radius 2 is 1.92 bits per heavy atom. The van der Waals surface area contributed by atoms with Crippen LogP contribution in [0.15, 0.2) is 59.8 Å². The first kappa shape index (κ1) is 23.7. The average Bonchev–Trinajstić information content (AvgIpc) is 3.51. The molecule has 9 nitrogen and oxygen atoms in total. The summed E-state index contributed by atoms with van der Waals surface area (Å²) >= 11 is 12.8. The summed E-state index contributed by atoms with van der Waals surface area (Å²) in [7, 11) is 4.18. The Kier molecular flexibility index (Phi) is 5.98. The molecule has 0 fully saturated rings. The van der Waals surface area contributed by atoms with Crippen LogP contribution in [-0.2, 0) is 6.42 Å². The smallest absolute Gasteiger partial charge is 0.270 e. The van der Waals surface area contributed by atoms with Gasteiger partial charge in [0.2, 0.25) is 11.7 Å². The molecule has 0 spiro atoms. The summed E-state index contributed by atoms with van der Waals surface area (Å²) < 4.78 is 3.13. The number of rotatable bonds is 6. The molecule has 1 aliphatic heterocycles. The second-order valence-electron chi connectivity index (χ2n) is 9.25. The van der Waals surface area contributed by atoms with Crippen molar-refractivity contribution in [2.45, 2.75) is 6.42 Å². The quantitative estimate of drug-likeness (QED) is 0.345. The molecule has 0 unspecified atom stereocenters. The van der Waals surface area contributed by atoms with Crippen molar-refractivity contribution in [3.8, 4) is 5.69 Å². The van der Waals surface area contributed by atoms with Gasteiger partial charge in [0.15, 0.2) is 5.65 Å². The number of nitrogens with zero attached hydrogens (tertiary/aromatic N) is 7. The van der Waals surface area contributed by atoms with Crippen LogP contribution in [0.25, 0.3) is 22.5 Å². The van der Waals surface area contributed by atoms with Crippen molar-refractivity contribution in [2.24, 2.45) is 0 Å². The first-order chi connectivity index (χ1) is 17.9. The van der Waals surface area contributed by atoms with Gasteiger partial charge in [-0.25, -0.2) is 14.5 Å². The molecular weight excluding hydrogens is 511 g/mol. The standard InChI is InChI=1S/C26H24Cl2N8O/c1-33(2)12-13-34-10-8-16-14-17(6-7-21(16)34)31-25-30-15-18-23(32-25)35-11-9-29-26(35)36(24(18)37)22-19(27)4-3-5-20(22)28/h3-7,9,11,14-15H,8,10,12-13H2,1-2H3,(H,30,31,32). The molecule has 0 radical (unpaired) electrons. The largest absolute Gasteiger partial charge is 0.370 e. The highest BCUT2D eigenvalue weighted by molar-refractivity contribution is 6.37. The molecule has 0 aliphatic carbocycles. The lowest BCUT2D eigenvalue weighted by molar-refractivity contribution is 0.414. The number of imidazole rings is 1. The van der Waals surface area contributed by atoms with E-state index in [1.807, 2.05) is 6.07 Å². The van der Waals surface area contributed by atoms with Crippen LogP contribution in [0.1, 0.15) is 5.56 Å². The first-order valence-corrected chi connectivity index (χ1v) is 12.6. The second kappa shape index (κ2) is 9.33. The maximum Gasteiger partial charge on any atom is 0.270 e. The fourth-order valence-corrected chi connectivity index (χ4v) is 5.31.